The van der Waals surface area contributed by atoms with Crippen LogP contribution in [0.15, 0.2) is 30.5 Å². The Bertz CT molecular complexity index is 797. The number of benzene rings is 1. The molecular formula is C16H19FN6S. The summed E-state index contributed by atoms with van der Waals surface area (Å²) in [4.78, 5) is 2.12. The van der Waals surface area contributed by atoms with E-state index in [0.29, 0.717) is 6.54 Å². The molecule has 1 aromatic carbocycles. The molecule has 0 aliphatic heterocycles. The fourth-order valence-electron chi connectivity index (χ4n) is 2.43. The minimum Gasteiger partial charge on any atom is -0.294 e. The van der Waals surface area contributed by atoms with E-state index in [2.05, 4.69) is 25.4 Å². The molecule has 3 aromatic rings. The number of hydrogen-bond acceptors (Lipinski definition) is 6. The first-order chi connectivity index (χ1) is 11.5. The van der Waals surface area contributed by atoms with Gasteiger partial charge < -0.3 is 0 Å². The third-order valence-electron chi connectivity index (χ3n) is 3.71. The third kappa shape index (κ3) is 4.01. The average Bonchev–Trinajstić information content (AvgIpc) is 3.16. The van der Waals surface area contributed by atoms with E-state index in [0.717, 1.165) is 27.8 Å². The van der Waals surface area contributed by atoms with Gasteiger partial charge in [0.1, 0.15) is 15.8 Å². The van der Waals surface area contributed by atoms with Gasteiger partial charge in [-0.05, 0) is 38.6 Å². The van der Waals surface area contributed by atoms with E-state index >= 15 is 0 Å². The Morgan fingerprint density at radius 1 is 1.17 bits per heavy atom. The largest absolute Gasteiger partial charge is 0.294 e. The van der Waals surface area contributed by atoms with Crippen molar-refractivity contribution in [3.05, 3.63) is 57.6 Å². The van der Waals surface area contributed by atoms with Gasteiger partial charge in [-0.1, -0.05) is 17.3 Å². The zero-order chi connectivity index (χ0) is 17.1. The summed E-state index contributed by atoms with van der Waals surface area (Å²) in [5.41, 5.74) is 1.87. The van der Waals surface area contributed by atoms with Gasteiger partial charge in [0.15, 0.2) is 0 Å². The highest BCUT2D eigenvalue weighted by Gasteiger charge is 2.12. The summed E-state index contributed by atoms with van der Waals surface area (Å²) in [5.74, 6) is -0.237. The Labute approximate surface area is 144 Å². The van der Waals surface area contributed by atoms with Crippen molar-refractivity contribution in [1.82, 2.24) is 30.1 Å². The molecule has 3 rings (SSSR count). The van der Waals surface area contributed by atoms with Crippen molar-refractivity contribution < 1.29 is 4.39 Å². The van der Waals surface area contributed by atoms with Crippen LogP contribution >= 0.6 is 11.3 Å². The SMILES string of the molecule is Cc1nnc(CN(C)Cc2cn(C(C)c3ccc(F)cc3)nn2)s1. The van der Waals surface area contributed by atoms with E-state index in [4.69, 9.17) is 0 Å². The minimum absolute atomic E-state index is 0.00275. The summed E-state index contributed by atoms with van der Waals surface area (Å²) in [6.45, 7) is 5.36. The fourth-order valence-corrected chi connectivity index (χ4v) is 3.22. The summed E-state index contributed by atoms with van der Waals surface area (Å²) in [7, 11) is 2.01. The smallest absolute Gasteiger partial charge is 0.131 e. The second-order valence-corrected chi connectivity index (χ2v) is 7.07. The van der Waals surface area contributed by atoms with Gasteiger partial charge in [-0.25, -0.2) is 9.07 Å². The van der Waals surface area contributed by atoms with Crippen LogP contribution in [0.1, 0.15) is 34.2 Å². The molecule has 0 bridgehead atoms. The molecule has 24 heavy (non-hydrogen) atoms. The second kappa shape index (κ2) is 7.14. The molecule has 0 spiro atoms. The van der Waals surface area contributed by atoms with E-state index < -0.39 is 0 Å². The number of nitrogens with zero attached hydrogens (tertiary/aromatic N) is 6. The highest BCUT2D eigenvalue weighted by atomic mass is 32.1. The fraction of sp³-hybridized carbons (Fsp3) is 0.375. The van der Waals surface area contributed by atoms with Crippen LogP contribution in [0, 0.1) is 12.7 Å². The maximum Gasteiger partial charge on any atom is 0.131 e. The van der Waals surface area contributed by atoms with E-state index in [9.17, 15) is 4.39 Å². The normalized spacial score (nSPS) is 12.7. The Morgan fingerprint density at radius 2 is 1.92 bits per heavy atom. The van der Waals surface area contributed by atoms with Crippen LogP contribution in [-0.4, -0.2) is 37.1 Å². The minimum atomic E-state index is -0.237. The Kier molecular flexibility index (Phi) is 4.96. The molecular weight excluding hydrogens is 327 g/mol. The number of halogens is 1. The van der Waals surface area contributed by atoms with Crippen molar-refractivity contribution in [3.63, 3.8) is 0 Å². The summed E-state index contributed by atoms with van der Waals surface area (Å²) < 4.78 is 14.8. The monoisotopic (exact) mass is 346 g/mol. The predicted molar refractivity (Wildman–Crippen MR) is 90.1 cm³/mol. The van der Waals surface area contributed by atoms with E-state index in [1.807, 2.05) is 27.1 Å². The van der Waals surface area contributed by atoms with E-state index in [1.165, 1.54) is 12.1 Å². The molecule has 0 radical (unpaired) electrons. The maximum absolute atomic E-state index is 13.0. The lowest BCUT2D eigenvalue weighted by atomic mass is 10.1. The molecule has 0 fully saturated rings. The van der Waals surface area contributed by atoms with Crippen molar-refractivity contribution in [2.24, 2.45) is 0 Å². The first-order valence-corrected chi connectivity index (χ1v) is 8.46. The van der Waals surface area contributed by atoms with E-state index in [1.54, 1.807) is 28.2 Å². The lowest BCUT2D eigenvalue weighted by Gasteiger charge is -2.13. The molecule has 1 unspecified atom stereocenters. The topological polar surface area (TPSA) is 59.7 Å². The maximum atomic E-state index is 13.0. The van der Waals surface area contributed by atoms with Crippen molar-refractivity contribution in [2.45, 2.75) is 33.0 Å². The van der Waals surface area contributed by atoms with Crippen LogP contribution in [0.3, 0.4) is 0 Å². The molecule has 6 nitrogen and oxygen atoms in total. The molecule has 0 amide bonds. The highest BCUT2D eigenvalue weighted by molar-refractivity contribution is 7.11. The van der Waals surface area contributed by atoms with Crippen molar-refractivity contribution >= 4 is 11.3 Å². The number of aryl methyl sites for hydroxylation is 1. The van der Waals surface area contributed by atoms with Gasteiger partial charge in [-0.15, -0.1) is 26.6 Å². The molecule has 2 aromatic heterocycles. The van der Waals surface area contributed by atoms with Crippen LogP contribution in [-0.2, 0) is 13.1 Å². The standard InChI is InChI=1S/C16H19FN6S/c1-11(13-4-6-14(17)7-5-13)23-9-15(19-21-23)8-22(3)10-16-20-18-12(2)24-16/h4-7,9,11H,8,10H2,1-3H3. The average molecular weight is 346 g/mol. The molecule has 126 valence electrons. The van der Waals surface area contributed by atoms with Gasteiger partial charge in [0.05, 0.1) is 24.5 Å². The number of aromatic nitrogens is 5. The van der Waals surface area contributed by atoms with Gasteiger partial charge in [-0.2, -0.15) is 0 Å². The first kappa shape index (κ1) is 16.7. The predicted octanol–water partition coefficient (Wildman–Crippen LogP) is 2.82. The molecule has 1 atom stereocenters. The van der Waals surface area contributed by atoms with Crippen molar-refractivity contribution in [3.8, 4) is 0 Å². The summed E-state index contributed by atoms with van der Waals surface area (Å²) >= 11 is 1.60. The van der Waals surface area contributed by atoms with Gasteiger partial charge >= 0.3 is 0 Å². The lowest BCUT2D eigenvalue weighted by molar-refractivity contribution is 0.313. The summed E-state index contributed by atoms with van der Waals surface area (Å²) in [5, 5.41) is 18.5. The van der Waals surface area contributed by atoms with Gasteiger partial charge in [-0.3, -0.25) is 4.90 Å². The van der Waals surface area contributed by atoms with Crippen molar-refractivity contribution in [1.29, 1.82) is 0 Å². The molecule has 0 saturated heterocycles. The molecule has 0 aliphatic rings. The van der Waals surface area contributed by atoms with Crippen LogP contribution < -0.4 is 0 Å². The summed E-state index contributed by atoms with van der Waals surface area (Å²) in [6.07, 6.45) is 1.93. The van der Waals surface area contributed by atoms with Crippen LogP contribution in [0.25, 0.3) is 0 Å². The van der Waals surface area contributed by atoms with Crippen molar-refractivity contribution in [2.75, 3.05) is 7.05 Å². The molecule has 8 heteroatoms. The van der Waals surface area contributed by atoms with Crippen LogP contribution in [0.2, 0.25) is 0 Å². The van der Waals surface area contributed by atoms with Gasteiger partial charge in [0, 0.05) is 6.54 Å². The number of rotatable bonds is 6. The Hall–Kier alpha value is -2.19. The van der Waals surface area contributed by atoms with Crippen LogP contribution in [0.5, 0.6) is 0 Å². The zero-order valence-corrected chi connectivity index (χ0v) is 14.7. The molecule has 0 aliphatic carbocycles. The molecule has 0 N–H and O–H groups in total. The number of hydrogen-bond donors (Lipinski definition) is 0. The molecule has 0 saturated carbocycles. The van der Waals surface area contributed by atoms with Gasteiger partial charge in [0.2, 0.25) is 0 Å². The molecule has 2 heterocycles. The lowest BCUT2D eigenvalue weighted by Crippen LogP contribution is -2.17. The Morgan fingerprint density at radius 3 is 2.58 bits per heavy atom. The Balaban J connectivity index is 1.63. The van der Waals surface area contributed by atoms with E-state index in [-0.39, 0.29) is 11.9 Å². The highest BCUT2D eigenvalue weighted by Crippen LogP contribution is 2.18. The van der Waals surface area contributed by atoms with Gasteiger partial charge in [0.25, 0.3) is 0 Å². The van der Waals surface area contributed by atoms with Crippen LogP contribution in [0.4, 0.5) is 4.39 Å². The third-order valence-corrected chi connectivity index (χ3v) is 4.54. The first-order valence-electron chi connectivity index (χ1n) is 7.65. The quantitative estimate of drug-likeness (QED) is 0.687. The zero-order valence-electron chi connectivity index (χ0n) is 13.8. The second-order valence-electron chi connectivity index (χ2n) is 5.80. The summed E-state index contributed by atoms with van der Waals surface area (Å²) in [6, 6.07) is 6.46.